The SMILES string of the molecule is C[n+]1[nH]c2cc(C(C)(C)C)ccc2c1C(C)(C)C. The molecule has 0 aliphatic carbocycles. The zero-order chi connectivity index (χ0) is 13.7. The first-order valence-corrected chi connectivity index (χ1v) is 6.63. The first-order valence-electron chi connectivity index (χ1n) is 6.63. The molecule has 98 valence electrons. The zero-order valence-corrected chi connectivity index (χ0v) is 12.7. The molecule has 0 aliphatic heterocycles. The lowest BCUT2D eigenvalue weighted by Crippen LogP contribution is -2.39. The third-order valence-corrected chi connectivity index (χ3v) is 3.47. The van der Waals surface area contributed by atoms with Gasteiger partial charge < -0.3 is 0 Å². The number of nitrogens with one attached hydrogen (secondary N) is 1. The molecule has 0 atom stereocenters. The molecular formula is C16H25N2+. The molecule has 1 heterocycles. The Balaban J connectivity index is 2.70. The minimum absolute atomic E-state index is 0.149. The van der Waals surface area contributed by atoms with Gasteiger partial charge in [-0.1, -0.05) is 47.6 Å². The number of hydrogen-bond acceptors (Lipinski definition) is 0. The van der Waals surface area contributed by atoms with Crippen LogP contribution in [0.25, 0.3) is 10.9 Å². The fourth-order valence-electron chi connectivity index (χ4n) is 2.63. The number of aromatic nitrogens is 2. The highest BCUT2D eigenvalue weighted by Gasteiger charge is 2.29. The molecule has 0 radical (unpaired) electrons. The molecule has 2 aromatic rings. The normalized spacial score (nSPS) is 13.3. The zero-order valence-electron chi connectivity index (χ0n) is 12.7. The number of H-pyrrole nitrogens is 1. The van der Waals surface area contributed by atoms with E-state index in [9.17, 15) is 0 Å². The van der Waals surface area contributed by atoms with Gasteiger partial charge in [-0.25, -0.2) is 0 Å². The number of aryl methyl sites for hydroxylation is 1. The summed E-state index contributed by atoms with van der Waals surface area (Å²) in [5.74, 6) is 0. The van der Waals surface area contributed by atoms with E-state index in [-0.39, 0.29) is 10.8 Å². The van der Waals surface area contributed by atoms with Gasteiger partial charge in [-0.3, -0.25) is 0 Å². The first kappa shape index (κ1) is 13.1. The van der Waals surface area contributed by atoms with Crippen molar-refractivity contribution >= 4 is 10.9 Å². The van der Waals surface area contributed by atoms with Crippen LogP contribution >= 0.6 is 0 Å². The summed E-state index contributed by atoms with van der Waals surface area (Å²) >= 11 is 0. The van der Waals surface area contributed by atoms with E-state index < -0.39 is 0 Å². The Morgan fingerprint density at radius 1 is 0.944 bits per heavy atom. The summed E-state index contributed by atoms with van der Waals surface area (Å²) in [7, 11) is 2.09. The van der Waals surface area contributed by atoms with E-state index in [4.69, 9.17) is 0 Å². The molecule has 2 rings (SSSR count). The molecule has 2 heteroatoms. The minimum Gasteiger partial charge on any atom is -0.165 e. The van der Waals surface area contributed by atoms with Crippen LogP contribution in [0, 0.1) is 0 Å². The van der Waals surface area contributed by atoms with E-state index in [1.807, 2.05) is 0 Å². The van der Waals surface area contributed by atoms with Gasteiger partial charge in [0.05, 0.1) is 5.39 Å². The molecule has 0 aliphatic rings. The summed E-state index contributed by atoms with van der Waals surface area (Å²) in [6.07, 6.45) is 0. The van der Waals surface area contributed by atoms with Crippen molar-refractivity contribution in [2.24, 2.45) is 7.05 Å². The predicted octanol–water partition coefficient (Wildman–Crippen LogP) is 3.59. The summed E-state index contributed by atoms with van der Waals surface area (Å²) in [6, 6.07) is 6.79. The van der Waals surface area contributed by atoms with Gasteiger partial charge in [0, 0.05) is 5.41 Å². The van der Waals surface area contributed by atoms with Crippen molar-refractivity contribution in [3.63, 3.8) is 0 Å². The maximum Gasteiger partial charge on any atom is 0.220 e. The first-order chi connectivity index (χ1) is 8.10. The van der Waals surface area contributed by atoms with Crippen molar-refractivity contribution in [3.05, 3.63) is 29.5 Å². The van der Waals surface area contributed by atoms with Crippen LogP contribution in [0.2, 0.25) is 0 Å². The average Bonchev–Trinajstić information content (AvgIpc) is 2.49. The van der Waals surface area contributed by atoms with E-state index in [1.54, 1.807) is 0 Å². The molecule has 0 amide bonds. The molecule has 0 saturated carbocycles. The Labute approximate surface area is 110 Å². The Morgan fingerprint density at radius 2 is 1.56 bits per heavy atom. The average molecular weight is 245 g/mol. The molecule has 2 nitrogen and oxygen atoms in total. The highest BCUT2D eigenvalue weighted by atomic mass is 15.3. The summed E-state index contributed by atoms with van der Waals surface area (Å²) in [4.78, 5) is 0. The molecule has 18 heavy (non-hydrogen) atoms. The third-order valence-electron chi connectivity index (χ3n) is 3.47. The standard InChI is InChI=1S/C16H24N2/c1-15(2,3)11-8-9-12-13(10-11)17-18(7)14(12)16(4,5)6/h8-10H,1-7H3/p+1. The van der Waals surface area contributed by atoms with Crippen molar-refractivity contribution < 1.29 is 4.68 Å². The number of benzene rings is 1. The second-order valence-electron chi connectivity index (χ2n) is 7.28. The van der Waals surface area contributed by atoms with E-state index in [0.29, 0.717) is 0 Å². The molecule has 0 spiro atoms. The maximum atomic E-state index is 3.46. The van der Waals surface area contributed by atoms with Gasteiger partial charge in [-0.15, -0.1) is 4.68 Å². The van der Waals surface area contributed by atoms with Crippen molar-refractivity contribution in [3.8, 4) is 0 Å². The molecule has 1 aromatic heterocycles. The van der Waals surface area contributed by atoms with Crippen LogP contribution in [-0.2, 0) is 17.9 Å². The molecule has 0 bridgehead atoms. The Bertz CT molecular complexity index is 577. The number of aromatic amines is 1. The van der Waals surface area contributed by atoms with E-state index >= 15 is 0 Å². The third kappa shape index (κ3) is 2.16. The summed E-state index contributed by atoms with van der Waals surface area (Å²) in [5, 5.41) is 4.79. The van der Waals surface area contributed by atoms with Gasteiger partial charge >= 0.3 is 0 Å². The lowest BCUT2D eigenvalue weighted by molar-refractivity contribution is -0.734. The van der Waals surface area contributed by atoms with E-state index in [0.717, 1.165) is 0 Å². The topological polar surface area (TPSA) is 19.7 Å². The molecule has 0 saturated heterocycles. The van der Waals surface area contributed by atoms with Crippen molar-refractivity contribution in [2.45, 2.75) is 52.4 Å². The number of fused-ring (bicyclic) bond motifs is 1. The van der Waals surface area contributed by atoms with Crippen molar-refractivity contribution in [1.29, 1.82) is 0 Å². The van der Waals surface area contributed by atoms with Crippen molar-refractivity contribution in [1.82, 2.24) is 5.10 Å². The van der Waals surface area contributed by atoms with Gasteiger partial charge in [-0.2, -0.15) is 5.10 Å². The minimum atomic E-state index is 0.149. The monoisotopic (exact) mass is 245 g/mol. The van der Waals surface area contributed by atoms with E-state index in [1.165, 1.54) is 22.2 Å². The highest BCUT2D eigenvalue weighted by Crippen LogP contribution is 2.30. The van der Waals surface area contributed by atoms with Crippen LogP contribution in [-0.4, -0.2) is 5.10 Å². The number of rotatable bonds is 0. The second-order valence-corrected chi connectivity index (χ2v) is 7.28. The number of hydrogen-bond donors (Lipinski definition) is 1. The molecule has 0 fully saturated rings. The smallest absolute Gasteiger partial charge is 0.165 e. The lowest BCUT2D eigenvalue weighted by atomic mass is 9.85. The molecule has 0 unspecified atom stereocenters. The largest absolute Gasteiger partial charge is 0.220 e. The fourth-order valence-corrected chi connectivity index (χ4v) is 2.63. The quantitative estimate of drug-likeness (QED) is 0.684. The summed E-state index contributed by atoms with van der Waals surface area (Å²) in [5.41, 5.74) is 4.31. The molecule has 1 aromatic carbocycles. The van der Waals surface area contributed by atoms with Crippen LogP contribution in [0.15, 0.2) is 18.2 Å². The van der Waals surface area contributed by atoms with E-state index in [2.05, 4.69) is 76.6 Å². The summed E-state index contributed by atoms with van der Waals surface area (Å²) in [6.45, 7) is 13.5. The Hall–Kier alpha value is -1.31. The molecular weight excluding hydrogens is 220 g/mol. The van der Waals surface area contributed by atoms with Crippen LogP contribution in [0.5, 0.6) is 0 Å². The van der Waals surface area contributed by atoms with Gasteiger partial charge in [0.2, 0.25) is 5.69 Å². The number of nitrogens with zero attached hydrogens (tertiary/aromatic N) is 1. The highest BCUT2D eigenvalue weighted by molar-refractivity contribution is 5.81. The van der Waals surface area contributed by atoms with Crippen LogP contribution in [0.3, 0.4) is 0 Å². The second kappa shape index (κ2) is 3.84. The Kier molecular flexibility index (Phi) is 2.80. The van der Waals surface area contributed by atoms with Gasteiger partial charge in [0.15, 0.2) is 7.05 Å². The fraction of sp³-hybridized carbons (Fsp3) is 0.562. The van der Waals surface area contributed by atoms with Crippen LogP contribution < -0.4 is 4.68 Å². The van der Waals surface area contributed by atoms with Gasteiger partial charge in [0.25, 0.3) is 0 Å². The van der Waals surface area contributed by atoms with Crippen LogP contribution in [0.1, 0.15) is 52.8 Å². The van der Waals surface area contributed by atoms with Gasteiger partial charge in [-0.05, 0) is 23.1 Å². The predicted molar refractivity (Wildman–Crippen MR) is 76.9 cm³/mol. The lowest BCUT2D eigenvalue weighted by Gasteiger charge is -2.18. The molecule has 1 N–H and O–H groups in total. The Morgan fingerprint density at radius 3 is 2.06 bits per heavy atom. The van der Waals surface area contributed by atoms with Gasteiger partial charge in [0.1, 0.15) is 5.52 Å². The summed E-state index contributed by atoms with van der Waals surface area (Å²) < 4.78 is 2.15. The van der Waals surface area contributed by atoms with Crippen LogP contribution in [0.4, 0.5) is 0 Å². The van der Waals surface area contributed by atoms with Crippen molar-refractivity contribution in [2.75, 3.05) is 0 Å². The maximum absolute atomic E-state index is 3.46.